The molecule has 2 heterocycles. The molecule has 0 saturated carbocycles. The summed E-state index contributed by atoms with van der Waals surface area (Å²) < 4.78 is 6.04. The number of anilines is 1. The molecule has 1 saturated heterocycles. The number of nitrogens with zero attached hydrogens (tertiary/aromatic N) is 2. The first-order chi connectivity index (χ1) is 13.3. The third kappa shape index (κ3) is 8.86. The number of aromatic nitrogens is 1. The second-order valence-electron chi connectivity index (χ2n) is 8.46. The lowest BCUT2D eigenvalue weighted by atomic mass is 9.78. The maximum absolute atomic E-state index is 12.1. The molecule has 0 spiro atoms. The van der Waals surface area contributed by atoms with E-state index in [0.29, 0.717) is 30.7 Å². The highest BCUT2D eigenvalue weighted by molar-refractivity contribution is 14.0. The quantitative estimate of drug-likeness (QED) is 0.306. The van der Waals surface area contributed by atoms with Crippen LogP contribution in [0.4, 0.5) is 5.82 Å². The van der Waals surface area contributed by atoms with Gasteiger partial charge in [0.2, 0.25) is 5.91 Å². The molecular weight excluding hydrogens is 481 g/mol. The number of carbonyl (C=O) groups is 1. The number of nitrogens with one attached hydrogen (secondary N) is 3. The van der Waals surface area contributed by atoms with E-state index in [0.717, 1.165) is 31.6 Å². The van der Waals surface area contributed by atoms with Crippen LogP contribution in [-0.2, 0) is 9.53 Å². The zero-order chi connectivity index (χ0) is 20.6. The number of hydrogen-bond donors (Lipinski definition) is 3. The van der Waals surface area contributed by atoms with Crippen LogP contribution >= 0.6 is 24.0 Å². The highest BCUT2D eigenvalue weighted by atomic mass is 127. The van der Waals surface area contributed by atoms with Crippen LogP contribution in [0.15, 0.2) is 23.3 Å². The topological polar surface area (TPSA) is 87.6 Å². The fraction of sp³-hybridized carbons (Fsp3) is 0.667. The average Bonchev–Trinajstić information content (AvgIpc) is 2.66. The van der Waals surface area contributed by atoms with Gasteiger partial charge in [-0.1, -0.05) is 26.8 Å². The number of rotatable bonds is 6. The summed E-state index contributed by atoms with van der Waals surface area (Å²) in [6.45, 7) is 10.8. The Morgan fingerprint density at radius 2 is 2.07 bits per heavy atom. The molecule has 0 aliphatic carbocycles. The predicted octanol–water partition coefficient (Wildman–Crippen LogP) is 3.34. The standard InChI is InChI=1S/C21H35N5O2.HI/c1-15-8-9-17(24-13-15)26-18(27)10-11-23-20(22-5)25-14-16-7-6-12-28-19(16)21(2,3)4;/h8-9,13,16,19H,6-7,10-12,14H2,1-5H3,(H2,22,23,25)(H,24,26,27);1H. The van der Waals surface area contributed by atoms with Gasteiger partial charge in [-0.3, -0.25) is 9.79 Å². The Kier molecular flexibility index (Phi) is 10.9. The summed E-state index contributed by atoms with van der Waals surface area (Å²) in [5.74, 6) is 1.65. The van der Waals surface area contributed by atoms with Crippen molar-refractivity contribution in [3.63, 3.8) is 0 Å². The summed E-state index contributed by atoms with van der Waals surface area (Å²) in [4.78, 5) is 20.5. The third-order valence-corrected chi connectivity index (χ3v) is 4.88. The molecule has 1 aromatic rings. The molecule has 3 N–H and O–H groups in total. The lowest BCUT2D eigenvalue weighted by molar-refractivity contribution is -0.116. The molecule has 2 rings (SSSR count). The van der Waals surface area contributed by atoms with Gasteiger partial charge >= 0.3 is 0 Å². The zero-order valence-electron chi connectivity index (χ0n) is 18.2. The Morgan fingerprint density at radius 1 is 1.31 bits per heavy atom. The van der Waals surface area contributed by atoms with Crippen LogP contribution in [0.2, 0.25) is 0 Å². The summed E-state index contributed by atoms with van der Waals surface area (Å²) in [6, 6.07) is 3.73. The van der Waals surface area contributed by atoms with E-state index in [4.69, 9.17) is 4.74 Å². The molecule has 164 valence electrons. The molecule has 1 aliphatic heterocycles. The molecule has 2 unspecified atom stereocenters. The van der Waals surface area contributed by atoms with Crippen molar-refractivity contribution < 1.29 is 9.53 Å². The van der Waals surface area contributed by atoms with E-state index in [-0.39, 0.29) is 41.4 Å². The van der Waals surface area contributed by atoms with Crippen LogP contribution in [0.25, 0.3) is 0 Å². The smallest absolute Gasteiger partial charge is 0.227 e. The van der Waals surface area contributed by atoms with Gasteiger partial charge in [0, 0.05) is 45.3 Å². The van der Waals surface area contributed by atoms with Crippen molar-refractivity contribution >= 4 is 41.7 Å². The number of aliphatic imine (C=N–C) groups is 1. The monoisotopic (exact) mass is 517 g/mol. The fourth-order valence-corrected chi connectivity index (χ4v) is 3.50. The van der Waals surface area contributed by atoms with E-state index in [2.05, 4.69) is 46.7 Å². The predicted molar refractivity (Wildman–Crippen MR) is 129 cm³/mol. The molecule has 0 bridgehead atoms. The molecule has 0 aromatic carbocycles. The molecule has 1 amide bonds. The minimum absolute atomic E-state index is 0. The van der Waals surface area contributed by atoms with Gasteiger partial charge in [0.05, 0.1) is 6.10 Å². The van der Waals surface area contributed by atoms with Crippen molar-refractivity contribution in [2.24, 2.45) is 16.3 Å². The number of hydrogen-bond acceptors (Lipinski definition) is 4. The summed E-state index contributed by atoms with van der Waals surface area (Å²) in [7, 11) is 1.74. The maximum atomic E-state index is 12.1. The van der Waals surface area contributed by atoms with Gasteiger partial charge in [0.15, 0.2) is 5.96 Å². The first-order valence-corrected chi connectivity index (χ1v) is 10.1. The number of amides is 1. The minimum Gasteiger partial charge on any atom is -0.377 e. The molecule has 2 atom stereocenters. The van der Waals surface area contributed by atoms with Crippen LogP contribution in [0, 0.1) is 18.3 Å². The molecule has 1 aromatic heterocycles. The normalized spacial score (nSPS) is 19.8. The van der Waals surface area contributed by atoms with E-state index in [1.807, 2.05) is 13.0 Å². The zero-order valence-corrected chi connectivity index (χ0v) is 20.6. The van der Waals surface area contributed by atoms with Gasteiger partial charge in [0.25, 0.3) is 0 Å². The van der Waals surface area contributed by atoms with Gasteiger partial charge in [-0.2, -0.15) is 0 Å². The van der Waals surface area contributed by atoms with Crippen molar-refractivity contribution in [2.45, 2.75) is 53.1 Å². The van der Waals surface area contributed by atoms with Crippen LogP contribution in [-0.4, -0.2) is 49.7 Å². The number of carbonyl (C=O) groups excluding carboxylic acids is 1. The summed E-state index contributed by atoms with van der Waals surface area (Å²) in [5.41, 5.74) is 1.18. The SMILES string of the molecule is CN=C(NCCC(=O)Nc1ccc(C)cn1)NCC1CCCOC1C(C)(C)C.I. The Labute approximate surface area is 191 Å². The molecule has 1 fully saturated rings. The van der Waals surface area contributed by atoms with Crippen molar-refractivity contribution in [3.8, 4) is 0 Å². The highest BCUT2D eigenvalue weighted by Gasteiger charge is 2.35. The van der Waals surface area contributed by atoms with Crippen LogP contribution in [0.1, 0.15) is 45.6 Å². The molecular formula is C21H36IN5O2. The van der Waals surface area contributed by atoms with Gasteiger partial charge in [-0.15, -0.1) is 24.0 Å². The lowest BCUT2D eigenvalue weighted by Gasteiger charge is -2.40. The van der Waals surface area contributed by atoms with E-state index >= 15 is 0 Å². The highest BCUT2D eigenvalue weighted by Crippen LogP contribution is 2.33. The van der Waals surface area contributed by atoms with Gasteiger partial charge < -0.3 is 20.7 Å². The van der Waals surface area contributed by atoms with Crippen LogP contribution < -0.4 is 16.0 Å². The van der Waals surface area contributed by atoms with Crippen LogP contribution in [0.3, 0.4) is 0 Å². The van der Waals surface area contributed by atoms with Gasteiger partial charge in [0.1, 0.15) is 5.82 Å². The molecule has 0 radical (unpaired) electrons. The van der Waals surface area contributed by atoms with Crippen molar-refractivity contribution in [1.29, 1.82) is 0 Å². The van der Waals surface area contributed by atoms with E-state index in [9.17, 15) is 4.79 Å². The summed E-state index contributed by atoms with van der Waals surface area (Å²) >= 11 is 0. The van der Waals surface area contributed by atoms with Crippen molar-refractivity contribution in [2.75, 3.05) is 32.1 Å². The molecule has 1 aliphatic rings. The largest absolute Gasteiger partial charge is 0.377 e. The van der Waals surface area contributed by atoms with Crippen molar-refractivity contribution in [3.05, 3.63) is 23.9 Å². The minimum atomic E-state index is -0.0761. The van der Waals surface area contributed by atoms with E-state index in [1.54, 1.807) is 19.3 Å². The number of halogens is 1. The average molecular weight is 517 g/mol. The Bertz CT molecular complexity index is 658. The Balaban J connectivity index is 0.00000420. The lowest BCUT2D eigenvalue weighted by Crippen LogP contribution is -2.47. The molecule has 7 nitrogen and oxygen atoms in total. The van der Waals surface area contributed by atoms with Crippen molar-refractivity contribution in [1.82, 2.24) is 15.6 Å². The van der Waals surface area contributed by atoms with Crippen LogP contribution in [0.5, 0.6) is 0 Å². The summed E-state index contributed by atoms with van der Waals surface area (Å²) in [6.07, 6.45) is 4.56. The first-order valence-electron chi connectivity index (χ1n) is 10.1. The van der Waals surface area contributed by atoms with Gasteiger partial charge in [-0.05, 0) is 36.8 Å². The third-order valence-electron chi connectivity index (χ3n) is 4.88. The molecule has 8 heteroatoms. The second-order valence-corrected chi connectivity index (χ2v) is 8.46. The Morgan fingerprint density at radius 3 is 2.69 bits per heavy atom. The first kappa shape index (κ1) is 25.6. The number of ether oxygens (including phenoxy) is 1. The summed E-state index contributed by atoms with van der Waals surface area (Å²) in [5, 5.41) is 9.39. The molecule has 29 heavy (non-hydrogen) atoms. The number of aryl methyl sites for hydroxylation is 1. The maximum Gasteiger partial charge on any atom is 0.227 e. The number of pyridine rings is 1. The fourth-order valence-electron chi connectivity index (χ4n) is 3.50. The van der Waals surface area contributed by atoms with E-state index < -0.39 is 0 Å². The Hall–Kier alpha value is -1.42. The number of guanidine groups is 1. The second kappa shape index (κ2) is 12.3. The van der Waals surface area contributed by atoms with E-state index in [1.165, 1.54) is 0 Å². The van der Waals surface area contributed by atoms with Gasteiger partial charge in [-0.25, -0.2) is 4.98 Å².